The van der Waals surface area contributed by atoms with E-state index in [1.54, 1.807) is 20.8 Å². The second kappa shape index (κ2) is 4.59. The SMILES string of the molecule is COC(=O)c1cc(C(C)(C)C)ncc1C(F)(F)F. The molecule has 3 nitrogen and oxygen atoms in total. The standard InChI is InChI=1S/C12H14F3NO2/c1-11(2,3)9-5-7(10(17)18-4)8(6-16-9)12(13,14)15/h5-6H,1-4H3. The molecule has 1 aromatic rings. The second-order valence-electron chi connectivity index (χ2n) is 4.85. The number of pyridine rings is 1. The zero-order chi connectivity index (χ0) is 14.1. The summed E-state index contributed by atoms with van der Waals surface area (Å²) in [6.07, 6.45) is -3.96. The van der Waals surface area contributed by atoms with Crippen LogP contribution < -0.4 is 0 Å². The molecule has 0 fully saturated rings. The average molecular weight is 261 g/mol. The Balaban J connectivity index is 3.44. The predicted molar refractivity (Wildman–Crippen MR) is 59.3 cm³/mol. The summed E-state index contributed by atoms with van der Waals surface area (Å²) in [6, 6.07) is 1.13. The Morgan fingerprint density at radius 1 is 1.28 bits per heavy atom. The third kappa shape index (κ3) is 3.00. The number of nitrogens with zero attached hydrogens (tertiary/aromatic N) is 1. The van der Waals surface area contributed by atoms with Gasteiger partial charge >= 0.3 is 12.1 Å². The van der Waals surface area contributed by atoms with Gasteiger partial charge in [0.2, 0.25) is 0 Å². The molecule has 0 N–H and O–H groups in total. The molecule has 1 rings (SSSR count). The number of carbonyl (C=O) groups is 1. The van der Waals surface area contributed by atoms with Gasteiger partial charge in [-0.1, -0.05) is 20.8 Å². The van der Waals surface area contributed by atoms with E-state index in [-0.39, 0.29) is 0 Å². The van der Waals surface area contributed by atoms with Gasteiger partial charge in [0.15, 0.2) is 0 Å². The van der Waals surface area contributed by atoms with E-state index in [1.807, 2.05) is 0 Å². The minimum absolute atomic E-state index is 0.399. The predicted octanol–water partition coefficient (Wildman–Crippen LogP) is 3.18. The fourth-order valence-corrected chi connectivity index (χ4v) is 1.37. The topological polar surface area (TPSA) is 39.2 Å². The van der Waals surface area contributed by atoms with Crippen LogP contribution in [-0.2, 0) is 16.3 Å². The van der Waals surface area contributed by atoms with Gasteiger partial charge in [-0.2, -0.15) is 13.2 Å². The van der Waals surface area contributed by atoms with Crippen molar-refractivity contribution >= 4 is 5.97 Å². The molecule has 0 radical (unpaired) electrons. The summed E-state index contributed by atoms with van der Waals surface area (Å²) in [7, 11) is 1.04. The van der Waals surface area contributed by atoms with Crippen molar-refractivity contribution in [2.75, 3.05) is 7.11 Å². The fraction of sp³-hybridized carbons (Fsp3) is 0.500. The molecule has 0 saturated carbocycles. The van der Waals surface area contributed by atoms with Crippen LogP contribution in [0.5, 0.6) is 0 Å². The Bertz CT molecular complexity index is 461. The number of carbonyl (C=O) groups excluding carboxylic acids is 1. The van der Waals surface area contributed by atoms with E-state index < -0.39 is 28.7 Å². The van der Waals surface area contributed by atoms with E-state index in [0.29, 0.717) is 11.9 Å². The molecule has 18 heavy (non-hydrogen) atoms. The maximum Gasteiger partial charge on any atom is 0.418 e. The van der Waals surface area contributed by atoms with Gasteiger partial charge < -0.3 is 4.74 Å². The largest absolute Gasteiger partial charge is 0.465 e. The summed E-state index contributed by atoms with van der Waals surface area (Å²) >= 11 is 0. The molecular weight excluding hydrogens is 247 g/mol. The summed E-state index contributed by atoms with van der Waals surface area (Å²) in [5, 5.41) is 0. The van der Waals surface area contributed by atoms with Gasteiger partial charge in [-0.05, 0) is 6.07 Å². The number of ether oxygens (including phenoxy) is 1. The van der Waals surface area contributed by atoms with Gasteiger partial charge in [0, 0.05) is 17.3 Å². The van der Waals surface area contributed by atoms with E-state index in [1.165, 1.54) is 0 Å². The van der Waals surface area contributed by atoms with Gasteiger partial charge in [0.1, 0.15) is 0 Å². The Morgan fingerprint density at radius 3 is 2.22 bits per heavy atom. The van der Waals surface area contributed by atoms with E-state index in [9.17, 15) is 18.0 Å². The molecule has 0 aromatic carbocycles. The number of aromatic nitrogens is 1. The van der Waals surface area contributed by atoms with Crippen LogP contribution in [0.2, 0.25) is 0 Å². The van der Waals surface area contributed by atoms with Crippen LogP contribution in [0.3, 0.4) is 0 Å². The number of alkyl halides is 3. The van der Waals surface area contributed by atoms with Crippen LogP contribution in [-0.4, -0.2) is 18.1 Å². The highest BCUT2D eigenvalue weighted by Crippen LogP contribution is 2.33. The number of hydrogen-bond acceptors (Lipinski definition) is 3. The Labute approximate surface area is 103 Å². The molecule has 0 aliphatic rings. The molecular formula is C12H14F3NO2. The lowest BCUT2D eigenvalue weighted by atomic mass is 9.90. The van der Waals surface area contributed by atoms with Gasteiger partial charge in [0.05, 0.1) is 18.2 Å². The van der Waals surface area contributed by atoms with Crippen molar-refractivity contribution in [2.45, 2.75) is 32.4 Å². The van der Waals surface area contributed by atoms with Gasteiger partial charge in [-0.3, -0.25) is 4.98 Å². The molecule has 0 bridgehead atoms. The van der Waals surface area contributed by atoms with Crippen LogP contribution >= 0.6 is 0 Å². The van der Waals surface area contributed by atoms with Crippen molar-refractivity contribution < 1.29 is 22.7 Å². The maximum absolute atomic E-state index is 12.7. The summed E-state index contributed by atoms with van der Waals surface area (Å²) in [5.74, 6) is -1.02. The zero-order valence-electron chi connectivity index (χ0n) is 10.6. The monoisotopic (exact) mass is 261 g/mol. The van der Waals surface area contributed by atoms with Gasteiger partial charge in [-0.15, -0.1) is 0 Å². The second-order valence-corrected chi connectivity index (χ2v) is 4.85. The lowest BCUT2D eigenvalue weighted by Crippen LogP contribution is -2.20. The smallest absolute Gasteiger partial charge is 0.418 e. The van der Waals surface area contributed by atoms with Crippen molar-refractivity contribution in [3.05, 3.63) is 29.1 Å². The van der Waals surface area contributed by atoms with E-state index in [0.717, 1.165) is 13.2 Å². The third-order valence-electron chi connectivity index (χ3n) is 2.38. The highest BCUT2D eigenvalue weighted by Gasteiger charge is 2.37. The lowest BCUT2D eigenvalue weighted by Gasteiger charge is -2.20. The molecule has 0 saturated heterocycles. The first kappa shape index (κ1) is 14.5. The first-order chi connectivity index (χ1) is 8.07. The normalized spacial score (nSPS) is 12.4. The molecule has 0 aliphatic carbocycles. The third-order valence-corrected chi connectivity index (χ3v) is 2.38. The van der Waals surface area contributed by atoms with Crippen LogP contribution in [0.25, 0.3) is 0 Å². The van der Waals surface area contributed by atoms with E-state index in [4.69, 9.17) is 0 Å². The first-order valence-corrected chi connectivity index (χ1v) is 5.23. The maximum atomic E-state index is 12.7. The molecule has 0 spiro atoms. The highest BCUT2D eigenvalue weighted by molar-refractivity contribution is 5.91. The van der Waals surface area contributed by atoms with Crippen LogP contribution in [0, 0.1) is 0 Å². The highest BCUT2D eigenvalue weighted by atomic mass is 19.4. The minimum atomic E-state index is -4.63. The Hall–Kier alpha value is -1.59. The zero-order valence-corrected chi connectivity index (χ0v) is 10.6. The lowest BCUT2D eigenvalue weighted by molar-refractivity contribution is -0.138. The fourth-order valence-electron chi connectivity index (χ4n) is 1.37. The number of rotatable bonds is 1. The van der Waals surface area contributed by atoms with Crippen molar-refractivity contribution in [2.24, 2.45) is 0 Å². The summed E-state index contributed by atoms with van der Waals surface area (Å²) < 4.78 is 42.5. The summed E-state index contributed by atoms with van der Waals surface area (Å²) in [6.45, 7) is 5.39. The van der Waals surface area contributed by atoms with Gasteiger partial charge in [0.25, 0.3) is 0 Å². The number of halogens is 3. The quantitative estimate of drug-likeness (QED) is 0.729. The van der Waals surface area contributed by atoms with Crippen molar-refractivity contribution in [3.8, 4) is 0 Å². The molecule has 0 atom stereocenters. The molecule has 0 amide bonds. The molecule has 100 valence electrons. The summed E-state index contributed by atoms with van der Waals surface area (Å²) in [4.78, 5) is 15.2. The first-order valence-electron chi connectivity index (χ1n) is 5.23. The molecule has 6 heteroatoms. The van der Waals surface area contributed by atoms with Crippen LogP contribution in [0.15, 0.2) is 12.3 Å². The molecule has 0 aliphatic heterocycles. The number of methoxy groups -OCH3 is 1. The van der Waals surface area contributed by atoms with Crippen LogP contribution in [0.1, 0.15) is 42.4 Å². The van der Waals surface area contributed by atoms with Crippen LogP contribution in [0.4, 0.5) is 13.2 Å². The Morgan fingerprint density at radius 2 is 1.83 bits per heavy atom. The van der Waals surface area contributed by atoms with Gasteiger partial charge in [-0.25, -0.2) is 4.79 Å². The van der Waals surface area contributed by atoms with Crippen molar-refractivity contribution in [1.29, 1.82) is 0 Å². The average Bonchev–Trinajstić information content (AvgIpc) is 2.24. The minimum Gasteiger partial charge on any atom is -0.465 e. The van der Waals surface area contributed by atoms with Crippen molar-refractivity contribution in [1.82, 2.24) is 4.98 Å². The summed E-state index contributed by atoms with van der Waals surface area (Å²) in [5.41, 5.74) is -1.64. The van der Waals surface area contributed by atoms with E-state index >= 15 is 0 Å². The molecule has 1 heterocycles. The van der Waals surface area contributed by atoms with Crippen molar-refractivity contribution in [3.63, 3.8) is 0 Å². The number of hydrogen-bond donors (Lipinski definition) is 0. The molecule has 1 aromatic heterocycles. The number of esters is 1. The van der Waals surface area contributed by atoms with E-state index in [2.05, 4.69) is 9.72 Å². The molecule has 0 unspecified atom stereocenters. The Kier molecular flexibility index (Phi) is 3.69.